The lowest BCUT2D eigenvalue weighted by atomic mass is 10.3. The van der Waals surface area contributed by atoms with Gasteiger partial charge in [0.25, 0.3) is 0 Å². The first kappa shape index (κ1) is 16.0. The average Bonchev–Trinajstić information content (AvgIpc) is 2.83. The highest BCUT2D eigenvalue weighted by molar-refractivity contribution is 7.86. The zero-order valence-corrected chi connectivity index (χ0v) is 12.4. The van der Waals surface area contributed by atoms with Crippen LogP contribution >= 0.6 is 0 Å². The van der Waals surface area contributed by atoms with Gasteiger partial charge in [-0.05, 0) is 19.9 Å². The smallest absolute Gasteiger partial charge is 0.339 e. The standard InChI is InChI=1S/C12H16F3N3O2S/c1-8-5-17(6-9(2)21(8)20)11(19)7-18-4-3-10(16-18)12(13,14)15/h3-4,8-9H,5-7H2,1-2H3. The summed E-state index contributed by atoms with van der Waals surface area (Å²) in [7, 11) is -0.986. The number of carbonyl (C=O) groups is 1. The van der Waals surface area contributed by atoms with E-state index in [0.29, 0.717) is 13.1 Å². The third-order valence-corrected chi connectivity index (χ3v) is 5.21. The van der Waals surface area contributed by atoms with Crippen LogP contribution < -0.4 is 0 Å². The molecule has 0 bridgehead atoms. The van der Waals surface area contributed by atoms with Gasteiger partial charge in [-0.15, -0.1) is 0 Å². The Kier molecular flexibility index (Phi) is 4.40. The molecule has 118 valence electrons. The predicted octanol–water partition coefficient (Wildman–Crippen LogP) is 1.27. The lowest BCUT2D eigenvalue weighted by Gasteiger charge is -2.34. The van der Waals surface area contributed by atoms with Gasteiger partial charge in [-0.25, -0.2) is 0 Å². The number of nitrogens with zero attached hydrogens (tertiary/aromatic N) is 3. The zero-order chi connectivity index (χ0) is 15.8. The van der Waals surface area contributed by atoms with Crippen LogP contribution in [-0.2, 0) is 28.3 Å². The van der Waals surface area contributed by atoms with E-state index in [0.717, 1.165) is 16.9 Å². The molecule has 2 atom stereocenters. The maximum absolute atomic E-state index is 12.4. The molecule has 0 aliphatic carbocycles. The van der Waals surface area contributed by atoms with Gasteiger partial charge in [0.2, 0.25) is 5.91 Å². The SMILES string of the molecule is CC1CN(C(=O)Cn2ccc(C(F)(F)F)n2)CC(C)S1=O. The highest BCUT2D eigenvalue weighted by Crippen LogP contribution is 2.27. The average molecular weight is 323 g/mol. The second-order valence-corrected chi connectivity index (χ2v) is 7.41. The maximum Gasteiger partial charge on any atom is 0.435 e. The summed E-state index contributed by atoms with van der Waals surface area (Å²) in [5.41, 5.74) is -1.02. The normalized spacial score (nSPS) is 26.9. The molecule has 0 N–H and O–H groups in total. The van der Waals surface area contributed by atoms with Gasteiger partial charge >= 0.3 is 6.18 Å². The van der Waals surface area contributed by atoms with Crippen LogP contribution in [0.1, 0.15) is 19.5 Å². The van der Waals surface area contributed by atoms with Gasteiger partial charge in [-0.1, -0.05) is 0 Å². The minimum atomic E-state index is -4.51. The van der Waals surface area contributed by atoms with Crippen molar-refractivity contribution >= 4 is 16.7 Å². The van der Waals surface area contributed by atoms with Crippen LogP contribution in [-0.4, -0.2) is 48.4 Å². The molecular weight excluding hydrogens is 307 g/mol. The minimum Gasteiger partial charge on any atom is -0.339 e. The molecule has 5 nitrogen and oxygen atoms in total. The van der Waals surface area contributed by atoms with E-state index in [1.54, 1.807) is 13.8 Å². The van der Waals surface area contributed by atoms with Crippen molar-refractivity contribution in [3.05, 3.63) is 18.0 Å². The maximum atomic E-state index is 12.4. The summed E-state index contributed by atoms with van der Waals surface area (Å²) in [4.78, 5) is 13.6. The Bertz CT molecular complexity index is 544. The second-order valence-electron chi connectivity index (χ2n) is 5.14. The summed E-state index contributed by atoms with van der Waals surface area (Å²) in [6, 6.07) is 0.837. The van der Waals surface area contributed by atoms with Crippen LogP contribution in [0.25, 0.3) is 0 Å². The fourth-order valence-corrected chi connectivity index (χ4v) is 3.73. The summed E-state index contributed by atoms with van der Waals surface area (Å²) < 4.78 is 50.1. The molecule has 1 fully saturated rings. The molecule has 1 amide bonds. The molecule has 0 spiro atoms. The van der Waals surface area contributed by atoms with E-state index in [1.165, 1.54) is 4.90 Å². The van der Waals surface area contributed by atoms with Crippen LogP contribution in [0, 0.1) is 0 Å². The largest absolute Gasteiger partial charge is 0.435 e. The summed E-state index contributed by atoms with van der Waals surface area (Å²) in [5.74, 6) is -0.317. The van der Waals surface area contributed by atoms with E-state index in [-0.39, 0.29) is 23.0 Å². The van der Waals surface area contributed by atoms with Crippen LogP contribution in [0.5, 0.6) is 0 Å². The Morgan fingerprint density at radius 3 is 2.43 bits per heavy atom. The zero-order valence-electron chi connectivity index (χ0n) is 11.6. The Balaban J connectivity index is 2.02. The first-order chi connectivity index (χ1) is 9.68. The van der Waals surface area contributed by atoms with Gasteiger partial charge in [0.1, 0.15) is 6.54 Å². The summed E-state index contributed by atoms with van der Waals surface area (Å²) >= 11 is 0. The molecule has 1 aliphatic rings. The monoisotopic (exact) mass is 323 g/mol. The number of hydrogen-bond donors (Lipinski definition) is 0. The number of carbonyl (C=O) groups excluding carboxylic acids is 1. The molecule has 1 saturated heterocycles. The molecule has 0 saturated carbocycles. The van der Waals surface area contributed by atoms with Gasteiger partial charge < -0.3 is 4.90 Å². The van der Waals surface area contributed by atoms with Crippen LogP contribution in [0.15, 0.2) is 12.3 Å². The molecule has 1 aliphatic heterocycles. The summed E-state index contributed by atoms with van der Waals surface area (Å²) in [6.45, 7) is 4.04. The first-order valence-corrected chi connectivity index (χ1v) is 7.74. The van der Waals surface area contributed by atoms with Gasteiger partial charge in [-0.2, -0.15) is 18.3 Å². The Morgan fingerprint density at radius 2 is 1.95 bits per heavy atom. The number of rotatable bonds is 2. The molecule has 0 aromatic carbocycles. The van der Waals surface area contributed by atoms with E-state index in [9.17, 15) is 22.2 Å². The molecule has 9 heteroatoms. The van der Waals surface area contributed by atoms with Crippen molar-refractivity contribution in [1.82, 2.24) is 14.7 Å². The number of amides is 1. The van der Waals surface area contributed by atoms with Crippen molar-refractivity contribution in [2.75, 3.05) is 13.1 Å². The molecule has 21 heavy (non-hydrogen) atoms. The van der Waals surface area contributed by atoms with Gasteiger partial charge in [-0.3, -0.25) is 13.7 Å². The van der Waals surface area contributed by atoms with Crippen LogP contribution in [0.2, 0.25) is 0 Å². The fraction of sp³-hybridized carbons (Fsp3) is 0.667. The first-order valence-electron chi connectivity index (χ1n) is 6.46. The summed E-state index contributed by atoms with van der Waals surface area (Å²) in [5, 5.41) is 3.08. The molecule has 1 aromatic heterocycles. The van der Waals surface area contributed by atoms with Crippen molar-refractivity contribution in [1.29, 1.82) is 0 Å². The van der Waals surface area contributed by atoms with Gasteiger partial charge in [0.15, 0.2) is 5.69 Å². The van der Waals surface area contributed by atoms with E-state index in [2.05, 4.69) is 5.10 Å². The lowest BCUT2D eigenvalue weighted by Crippen LogP contribution is -2.50. The van der Waals surface area contributed by atoms with Crippen LogP contribution in [0.4, 0.5) is 13.2 Å². The third-order valence-electron chi connectivity index (χ3n) is 3.33. The molecule has 1 aromatic rings. The Hall–Kier alpha value is -1.38. The van der Waals surface area contributed by atoms with Gasteiger partial charge in [0.05, 0.1) is 0 Å². The highest BCUT2D eigenvalue weighted by atomic mass is 32.2. The topological polar surface area (TPSA) is 55.2 Å². The molecule has 2 rings (SSSR count). The molecular formula is C12H16F3N3O2S. The molecule has 2 heterocycles. The molecule has 0 radical (unpaired) electrons. The number of hydrogen-bond acceptors (Lipinski definition) is 3. The Labute approximate surface area is 122 Å². The van der Waals surface area contributed by atoms with Crippen molar-refractivity contribution in [2.45, 2.75) is 37.1 Å². The second kappa shape index (κ2) is 5.78. The van der Waals surface area contributed by atoms with E-state index < -0.39 is 22.7 Å². The number of halogens is 3. The van der Waals surface area contributed by atoms with Crippen molar-refractivity contribution < 1.29 is 22.2 Å². The van der Waals surface area contributed by atoms with E-state index in [1.807, 2.05) is 0 Å². The number of aromatic nitrogens is 2. The minimum absolute atomic E-state index is 0.138. The van der Waals surface area contributed by atoms with E-state index in [4.69, 9.17) is 0 Å². The predicted molar refractivity (Wildman–Crippen MR) is 70.9 cm³/mol. The van der Waals surface area contributed by atoms with E-state index >= 15 is 0 Å². The van der Waals surface area contributed by atoms with Crippen molar-refractivity contribution in [3.8, 4) is 0 Å². The Morgan fingerprint density at radius 1 is 1.38 bits per heavy atom. The fourth-order valence-electron chi connectivity index (χ4n) is 2.28. The van der Waals surface area contributed by atoms with Crippen molar-refractivity contribution in [2.24, 2.45) is 0 Å². The number of alkyl halides is 3. The van der Waals surface area contributed by atoms with Crippen molar-refractivity contribution in [3.63, 3.8) is 0 Å². The lowest BCUT2D eigenvalue weighted by molar-refractivity contribution is -0.142. The van der Waals surface area contributed by atoms with Crippen LogP contribution in [0.3, 0.4) is 0 Å². The third kappa shape index (κ3) is 3.63. The molecule has 2 unspecified atom stereocenters. The highest BCUT2D eigenvalue weighted by Gasteiger charge is 2.34. The van der Waals surface area contributed by atoms with Gasteiger partial charge in [0, 0.05) is 40.6 Å². The quantitative estimate of drug-likeness (QED) is 0.824. The summed E-state index contributed by atoms with van der Waals surface area (Å²) in [6.07, 6.45) is -3.38.